The Labute approximate surface area is 315 Å². The minimum absolute atomic E-state index is 1.10. The topological polar surface area (TPSA) is 8.17 Å². The monoisotopic (exact) mass is 688 g/mol. The van der Waals surface area contributed by atoms with Crippen LogP contribution in [-0.2, 0) is 0 Å². The number of nitrogens with zero attached hydrogens (tertiary/aromatic N) is 2. The summed E-state index contributed by atoms with van der Waals surface area (Å²) in [6.07, 6.45) is 0. The molecule has 0 fully saturated rings. The van der Waals surface area contributed by atoms with Gasteiger partial charge in [0.25, 0.3) is 0 Å². The largest absolute Gasteiger partial charge is 0.310 e. The van der Waals surface area contributed by atoms with Crippen molar-refractivity contribution in [2.75, 3.05) is 4.90 Å². The van der Waals surface area contributed by atoms with Crippen LogP contribution in [0.5, 0.6) is 0 Å². The van der Waals surface area contributed by atoms with Crippen molar-refractivity contribution in [2.45, 2.75) is 0 Å². The van der Waals surface area contributed by atoms with Crippen molar-refractivity contribution < 1.29 is 0 Å². The SMILES string of the molecule is c1ccc(-c2ccc(N(c3ccc(-c4ccccc4)cc3)c3cccc(-c4ccc(-n5c6ccccc6c6cc7ccccc7cc65)cc4)c3)cc2)cc1. The Morgan fingerprint density at radius 1 is 0.278 bits per heavy atom. The highest BCUT2D eigenvalue weighted by molar-refractivity contribution is 6.13. The Balaban J connectivity index is 1.04. The van der Waals surface area contributed by atoms with Gasteiger partial charge in [-0.3, -0.25) is 0 Å². The van der Waals surface area contributed by atoms with Gasteiger partial charge in [-0.05, 0) is 111 Å². The van der Waals surface area contributed by atoms with Gasteiger partial charge in [0.15, 0.2) is 0 Å². The van der Waals surface area contributed by atoms with Crippen LogP contribution >= 0.6 is 0 Å². The number of para-hydroxylation sites is 1. The first-order valence-corrected chi connectivity index (χ1v) is 18.5. The molecular weight excluding hydrogens is 653 g/mol. The molecule has 0 atom stereocenters. The van der Waals surface area contributed by atoms with Crippen molar-refractivity contribution in [2.24, 2.45) is 0 Å². The standard InChI is InChI=1S/C52H36N2/c1-3-12-37(13-4-1)39-22-28-45(29-23-39)53(46-30-24-40(25-31-46)38-14-5-2-6-15-38)48-19-11-18-42(34-48)41-26-32-47(33-27-41)54-51-21-10-9-20-49(51)50-35-43-16-7-8-17-44(43)36-52(50)54/h1-36H. The van der Waals surface area contributed by atoms with Crippen LogP contribution in [0.3, 0.4) is 0 Å². The van der Waals surface area contributed by atoms with Crippen molar-refractivity contribution in [1.29, 1.82) is 0 Å². The lowest BCUT2D eigenvalue weighted by Crippen LogP contribution is -2.10. The van der Waals surface area contributed by atoms with Gasteiger partial charge >= 0.3 is 0 Å². The number of rotatable bonds is 7. The van der Waals surface area contributed by atoms with Crippen molar-refractivity contribution in [3.05, 3.63) is 218 Å². The third kappa shape index (κ3) is 5.71. The van der Waals surface area contributed by atoms with E-state index in [9.17, 15) is 0 Å². The van der Waals surface area contributed by atoms with E-state index in [4.69, 9.17) is 0 Å². The molecule has 0 spiro atoms. The highest BCUT2D eigenvalue weighted by atomic mass is 15.1. The Kier molecular flexibility index (Phi) is 7.85. The van der Waals surface area contributed by atoms with Crippen LogP contribution in [0.4, 0.5) is 17.1 Å². The number of fused-ring (bicyclic) bond motifs is 4. The van der Waals surface area contributed by atoms with Crippen molar-refractivity contribution >= 4 is 49.6 Å². The second-order valence-corrected chi connectivity index (χ2v) is 13.8. The molecule has 0 amide bonds. The molecule has 0 unspecified atom stereocenters. The van der Waals surface area contributed by atoms with Crippen LogP contribution in [-0.4, -0.2) is 4.57 Å². The van der Waals surface area contributed by atoms with Gasteiger partial charge < -0.3 is 9.47 Å². The first-order chi connectivity index (χ1) is 26.8. The summed E-state index contributed by atoms with van der Waals surface area (Å²) in [7, 11) is 0. The van der Waals surface area contributed by atoms with Crippen LogP contribution in [0.2, 0.25) is 0 Å². The molecule has 1 heterocycles. The summed E-state index contributed by atoms with van der Waals surface area (Å²) in [5, 5.41) is 5.05. The Morgan fingerprint density at radius 3 is 1.39 bits per heavy atom. The van der Waals surface area contributed by atoms with E-state index in [-0.39, 0.29) is 0 Å². The molecule has 0 N–H and O–H groups in total. The molecule has 0 aliphatic carbocycles. The van der Waals surface area contributed by atoms with Gasteiger partial charge in [0, 0.05) is 33.5 Å². The second kappa shape index (κ2) is 13.4. The van der Waals surface area contributed by atoms with E-state index in [1.807, 2.05) is 0 Å². The number of hydrogen-bond donors (Lipinski definition) is 0. The molecule has 254 valence electrons. The van der Waals surface area contributed by atoms with E-state index in [0.29, 0.717) is 0 Å². The highest BCUT2D eigenvalue weighted by Gasteiger charge is 2.16. The number of anilines is 3. The van der Waals surface area contributed by atoms with Gasteiger partial charge in [0.1, 0.15) is 0 Å². The zero-order valence-corrected chi connectivity index (χ0v) is 29.7. The predicted octanol–water partition coefficient (Wildman–Crippen LogP) is 14.4. The van der Waals surface area contributed by atoms with Crippen LogP contribution in [0, 0.1) is 0 Å². The lowest BCUT2D eigenvalue weighted by molar-refractivity contribution is 1.18. The van der Waals surface area contributed by atoms with Crippen molar-refractivity contribution in [3.8, 4) is 39.1 Å². The summed E-state index contributed by atoms with van der Waals surface area (Å²) >= 11 is 0. The molecular formula is C52H36N2. The van der Waals surface area contributed by atoms with Crippen LogP contribution < -0.4 is 4.90 Å². The Morgan fingerprint density at radius 2 is 0.759 bits per heavy atom. The minimum Gasteiger partial charge on any atom is -0.310 e. The lowest BCUT2D eigenvalue weighted by atomic mass is 10.0. The van der Waals surface area contributed by atoms with Crippen LogP contribution in [0.15, 0.2) is 218 Å². The molecule has 0 saturated heterocycles. The molecule has 9 aromatic carbocycles. The maximum atomic E-state index is 2.40. The highest BCUT2D eigenvalue weighted by Crippen LogP contribution is 2.39. The number of benzene rings is 9. The molecule has 54 heavy (non-hydrogen) atoms. The van der Waals surface area contributed by atoms with E-state index in [1.54, 1.807) is 0 Å². The molecule has 0 radical (unpaired) electrons. The summed E-state index contributed by atoms with van der Waals surface area (Å²) in [6, 6.07) is 78.8. The first kappa shape index (κ1) is 31.6. The minimum atomic E-state index is 1.10. The quantitative estimate of drug-likeness (QED) is 0.162. The van der Waals surface area contributed by atoms with E-state index in [1.165, 1.54) is 66.0 Å². The van der Waals surface area contributed by atoms with Gasteiger partial charge in [-0.25, -0.2) is 0 Å². The van der Waals surface area contributed by atoms with Gasteiger partial charge in [0.05, 0.1) is 11.0 Å². The van der Waals surface area contributed by atoms with Crippen LogP contribution in [0.1, 0.15) is 0 Å². The molecule has 0 bridgehead atoms. The maximum Gasteiger partial charge on any atom is 0.0547 e. The molecule has 1 aromatic heterocycles. The van der Waals surface area contributed by atoms with Gasteiger partial charge in [-0.1, -0.05) is 152 Å². The van der Waals surface area contributed by atoms with E-state index in [2.05, 4.69) is 228 Å². The molecule has 2 heteroatoms. The summed E-state index contributed by atoms with van der Waals surface area (Å²) < 4.78 is 2.40. The fourth-order valence-corrected chi connectivity index (χ4v) is 7.88. The smallest absolute Gasteiger partial charge is 0.0547 e. The van der Waals surface area contributed by atoms with Crippen molar-refractivity contribution in [3.63, 3.8) is 0 Å². The summed E-state index contributed by atoms with van der Waals surface area (Å²) in [6.45, 7) is 0. The van der Waals surface area contributed by atoms with Gasteiger partial charge in [-0.2, -0.15) is 0 Å². The lowest BCUT2D eigenvalue weighted by Gasteiger charge is -2.26. The number of hydrogen-bond acceptors (Lipinski definition) is 1. The Hall–Kier alpha value is -7.16. The fourth-order valence-electron chi connectivity index (χ4n) is 7.88. The first-order valence-electron chi connectivity index (χ1n) is 18.5. The van der Waals surface area contributed by atoms with Crippen molar-refractivity contribution in [1.82, 2.24) is 4.57 Å². The van der Waals surface area contributed by atoms with Gasteiger partial charge in [0.2, 0.25) is 0 Å². The molecule has 2 nitrogen and oxygen atoms in total. The third-order valence-electron chi connectivity index (χ3n) is 10.6. The average molecular weight is 689 g/mol. The molecule has 10 rings (SSSR count). The predicted molar refractivity (Wildman–Crippen MR) is 229 cm³/mol. The number of aromatic nitrogens is 1. The van der Waals surface area contributed by atoms with E-state index >= 15 is 0 Å². The second-order valence-electron chi connectivity index (χ2n) is 13.8. The summed E-state index contributed by atoms with van der Waals surface area (Å²) in [5.74, 6) is 0. The van der Waals surface area contributed by atoms with Crippen LogP contribution in [0.25, 0.3) is 71.6 Å². The van der Waals surface area contributed by atoms with Gasteiger partial charge in [-0.15, -0.1) is 0 Å². The maximum absolute atomic E-state index is 2.40. The van der Waals surface area contributed by atoms with E-state index < -0.39 is 0 Å². The molecule has 0 aliphatic rings. The summed E-state index contributed by atoms with van der Waals surface area (Å²) in [4.78, 5) is 2.35. The molecule has 0 aliphatic heterocycles. The normalized spacial score (nSPS) is 11.3. The van der Waals surface area contributed by atoms with E-state index in [0.717, 1.165) is 22.7 Å². The average Bonchev–Trinajstić information content (AvgIpc) is 3.57. The zero-order chi connectivity index (χ0) is 35.8. The molecule has 0 saturated carbocycles. The third-order valence-corrected chi connectivity index (χ3v) is 10.6. The molecule has 10 aromatic rings. The zero-order valence-electron chi connectivity index (χ0n) is 29.7. The Bertz CT molecular complexity index is 2810. The fraction of sp³-hybridized carbons (Fsp3) is 0. The summed E-state index contributed by atoms with van der Waals surface area (Å²) in [5.41, 5.74) is 14.0.